The second-order valence-electron chi connectivity index (χ2n) is 6.52. The molecule has 0 saturated heterocycles. The third-order valence-electron chi connectivity index (χ3n) is 5.11. The summed E-state index contributed by atoms with van der Waals surface area (Å²) in [5.41, 5.74) is 3.79. The van der Waals surface area contributed by atoms with E-state index in [0.29, 0.717) is 5.88 Å². The minimum Gasteiger partial charge on any atom is -0.325 e. The van der Waals surface area contributed by atoms with Crippen LogP contribution in [-0.2, 0) is 12.4 Å². The molecule has 21 heavy (non-hydrogen) atoms. The summed E-state index contributed by atoms with van der Waals surface area (Å²) >= 11 is 6.17. The molecule has 0 aliphatic heterocycles. The Morgan fingerprint density at radius 1 is 1.29 bits per heavy atom. The van der Waals surface area contributed by atoms with Crippen molar-refractivity contribution in [2.24, 2.45) is 0 Å². The number of nitrogens with zero attached hydrogens (tertiary/aromatic N) is 3. The van der Waals surface area contributed by atoms with Gasteiger partial charge in [-0.05, 0) is 45.5 Å². The maximum atomic E-state index is 6.17. The molecule has 0 radical (unpaired) electrons. The van der Waals surface area contributed by atoms with Crippen molar-refractivity contribution in [1.82, 2.24) is 14.5 Å². The lowest BCUT2D eigenvalue weighted by atomic mass is 9.95. The van der Waals surface area contributed by atoms with E-state index in [-0.39, 0.29) is 5.54 Å². The summed E-state index contributed by atoms with van der Waals surface area (Å²) in [6, 6.07) is 6.41. The van der Waals surface area contributed by atoms with Crippen LogP contribution in [0.1, 0.15) is 37.1 Å². The number of halogens is 1. The minimum atomic E-state index is 0.248. The van der Waals surface area contributed by atoms with E-state index >= 15 is 0 Å². The quantitative estimate of drug-likeness (QED) is 0.797. The van der Waals surface area contributed by atoms with Crippen molar-refractivity contribution < 1.29 is 0 Å². The Bertz CT molecular complexity index is 639. The Morgan fingerprint density at radius 3 is 2.62 bits per heavy atom. The van der Waals surface area contributed by atoms with Gasteiger partial charge in [-0.25, -0.2) is 4.98 Å². The lowest BCUT2D eigenvalue weighted by molar-refractivity contribution is 0.134. The van der Waals surface area contributed by atoms with Gasteiger partial charge in [-0.2, -0.15) is 0 Å². The van der Waals surface area contributed by atoms with E-state index in [1.807, 2.05) is 0 Å². The van der Waals surface area contributed by atoms with Gasteiger partial charge >= 0.3 is 0 Å². The molecule has 2 aromatic rings. The molecule has 0 bridgehead atoms. The summed E-state index contributed by atoms with van der Waals surface area (Å²) in [5, 5.41) is 0. The van der Waals surface area contributed by atoms with Gasteiger partial charge in [0.15, 0.2) is 0 Å². The molecule has 3 rings (SSSR count). The number of aryl methyl sites for hydroxylation is 1. The number of fused-ring (bicyclic) bond motifs is 1. The van der Waals surface area contributed by atoms with Crippen LogP contribution in [0.25, 0.3) is 11.0 Å². The van der Waals surface area contributed by atoms with Gasteiger partial charge in [0, 0.05) is 12.1 Å². The highest BCUT2D eigenvalue weighted by Gasteiger charge is 2.37. The molecule has 1 aromatic heterocycles. The molecule has 1 heterocycles. The summed E-state index contributed by atoms with van der Waals surface area (Å²) in [7, 11) is 4.41. The highest BCUT2D eigenvalue weighted by atomic mass is 35.5. The predicted octanol–water partition coefficient (Wildman–Crippen LogP) is 3.96. The van der Waals surface area contributed by atoms with Crippen molar-refractivity contribution in [1.29, 1.82) is 0 Å². The number of para-hydroxylation sites is 1. The smallest absolute Gasteiger partial charge is 0.124 e. The number of benzene rings is 1. The van der Waals surface area contributed by atoms with Gasteiger partial charge in [0.05, 0.1) is 16.9 Å². The zero-order valence-electron chi connectivity index (χ0n) is 13.2. The van der Waals surface area contributed by atoms with Crippen LogP contribution in [-0.4, -0.2) is 34.1 Å². The molecule has 3 nitrogen and oxygen atoms in total. The van der Waals surface area contributed by atoms with E-state index in [9.17, 15) is 0 Å². The van der Waals surface area contributed by atoms with Gasteiger partial charge in [0.1, 0.15) is 5.82 Å². The van der Waals surface area contributed by atoms with Crippen molar-refractivity contribution in [3.63, 3.8) is 0 Å². The molecule has 0 N–H and O–H groups in total. The standard InChI is InChI=1S/C17H24ClN3/c1-13-7-6-8-14-16(13)19-15(11-18)21(14)12-17(20(2)3)9-4-5-10-17/h6-8H,4-5,9-12H2,1-3H3. The number of rotatable bonds is 4. The number of alkyl halides is 1. The molecular weight excluding hydrogens is 282 g/mol. The average molecular weight is 306 g/mol. The summed E-state index contributed by atoms with van der Waals surface area (Å²) < 4.78 is 2.35. The highest BCUT2D eigenvalue weighted by molar-refractivity contribution is 6.16. The third kappa shape index (κ3) is 2.47. The third-order valence-corrected chi connectivity index (χ3v) is 5.35. The Kier molecular flexibility index (Phi) is 3.98. The highest BCUT2D eigenvalue weighted by Crippen LogP contribution is 2.36. The second-order valence-corrected chi connectivity index (χ2v) is 6.78. The Labute approximate surface area is 131 Å². The minimum absolute atomic E-state index is 0.248. The van der Waals surface area contributed by atoms with Gasteiger partial charge in [-0.15, -0.1) is 11.6 Å². The zero-order chi connectivity index (χ0) is 15.0. The monoisotopic (exact) mass is 305 g/mol. The van der Waals surface area contributed by atoms with Crippen LogP contribution in [0.5, 0.6) is 0 Å². The average Bonchev–Trinajstić information content (AvgIpc) is 3.06. The van der Waals surface area contributed by atoms with Gasteiger partial charge < -0.3 is 9.47 Å². The molecule has 1 fully saturated rings. The number of hydrogen-bond donors (Lipinski definition) is 0. The topological polar surface area (TPSA) is 21.1 Å². The van der Waals surface area contributed by atoms with Crippen LogP contribution in [0.2, 0.25) is 0 Å². The maximum absolute atomic E-state index is 6.17. The maximum Gasteiger partial charge on any atom is 0.124 e. The van der Waals surface area contributed by atoms with E-state index in [1.54, 1.807) is 0 Å². The fourth-order valence-corrected chi connectivity index (χ4v) is 3.89. The molecule has 0 unspecified atom stereocenters. The van der Waals surface area contributed by atoms with Gasteiger partial charge in [0.25, 0.3) is 0 Å². The van der Waals surface area contributed by atoms with E-state index in [4.69, 9.17) is 16.6 Å². The Hall–Kier alpha value is -1.06. The Balaban J connectivity index is 2.09. The van der Waals surface area contributed by atoms with Crippen LogP contribution >= 0.6 is 11.6 Å². The zero-order valence-corrected chi connectivity index (χ0v) is 14.0. The molecule has 0 amide bonds. The number of hydrogen-bond acceptors (Lipinski definition) is 2. The molecule has 0 spiro atoms. The number of imidazole rings is 1. The molecular formula is C17H24ClN3. The normalized spacial score (nSPS) is 18.0. The predicted molar refractivity (Wildman–Crippen MR) is 88.9 cm³/mol. The van der Waals surface area contributed by atoms with Crippen LogP contribution in [0.15, 0.2) is 18.2 Å². The van der Waals surface area contributed by atoms with Crippen LogP contribution in [0, 0.1) is 6.92 Å². The SMILES string of the molecule is Cc1cccc2c1nc(CCl)n2CC1(N(C)C)CCCC1. The lowest BCUT2D eigenvalue weighted by Gasteiger charge is -2.37. The van der Waals surface area contributed by atoms with Crippen LogP contribution < -0.4 is 0 Å². The molecule has 0 atom stereocenters. The van der Waals surface area contributed by atoms with Gasteiger partial charge in [-0.3, -0.25) is 0 Å². The summed E-state index contributed by atoms with van der Waals surface area (Å²) in [6.07, 6.45) is 5.15. The van der Waals surface area contributed by atoms with E-state index in [1.165, 1.54) is 36.8 Å². The fraction of sp³-hybridized carbons (Fsp3) is 0.588. The van der Waals surface area contributed by atoms with Crippen LogP contribution in [0.3, 0.4) is 0 Å². The van der Waals surface area contributed by atoms with Crippen molar-refractivity contribution in [3.8, 4) is 0 Å². The molecule has 114 valence electrons. The first kappa shape index (κ1) is 14.9. The molecule has 4 heteroatoms. The number of likely N-dealkylation sites (N-methyl/N-ethyl adjacent to an activating group) is 1. The van der Waals surface area contributed by atoms with Crippen molar-refractivity contribution in [2.75, 3.05) is 14.1 Å². The van der Waals surface area contributed by atoms with E-state index < -0.39 is 0 Å². The molecule has 1 aliphatic carbocycles. The first-order valence-corrected chi connectivity index (χ1v) is 8.29. The molecule has 1 aromatic carbocycles. The molecule has 1 aliphatic rings. The second kappa shape index (κ2) is 5.62. The summed E-state index contributed by atoms with van der Waals surface area (Å²) in [6.45, 7) is 3.11. The lowest BCUT2D eigenvalue weighted by Crippen LogP contribution is -2.45. The van der Waals surface area contributed by atoms with Crippen molar-refractivity contribution >= 4 is 22.6 Å². The van der Waals surface area contributed by atoms with Crippen molar-refractivity contribution in [3.05, 3.63) is 29.6 Å². The summed E-state index contributed by atoms with van der Waals surface area (Å²) in [5.74, 6) is 1.46. The van der Waals surface area contributed by atoms with E-state index in [2.05, 4.69) is 48.7 Å². The first-order chi connectivity index (χ1) is 10.1. The Morgan fingerprint density at radius 2 is 2.00 bits per heavy atom. The summed E-state index contributed by atoms with van der Waals surface area (Å²) in [4.78, 5) is 7.18. The number of aromatic nitrogens is 2. The first-order valence-electron chi connectivity index (χ1n) is 7.75. The van der Waals surface area contributed by atoms with Gasteiger partial charge in [-0.1, -0.05) is 25.0 Å². The van der Waals surface area contributed by atoms with Gasteiger partial charge in [0.2, 0.25) is 0 Å². The van der Waals surface area contributed by atoms with E-state index in [0.717, 1.165) is 17.9 Å². The fourth-order valence-electron chi connectivity index (χ4n) is 3.69. The van der Waals surface area contributed by atoms with Crippen LogP contribution in [0.4, 0.5) is 0 Å². The largest absolute Gasteiger partial charge is 0.325 e. The van der Waals surface area contributed by atoms with Crippen molar-refractivity contribution in [2.45, 2.75) is 50.6 Å². The molecule has 1 saturated carbocycles.